The summed E-state index contributed by atoms with van der Waals surface area (Å²) in [4.78, 5) is 15.6. The van der Waals surface area contributed by atoms with Gasteiger partial charge in [0.1, 0.15) is 5.75 Å². The molecule has 0 bridgehead atoms. The van der Waals surface area contributed by atoms with E-state index in [-0.39, 0.29) is 16.3 Å². The SMILES string of the molecule is Cn1cnc(C(C)(F)F)c(Oc2cc(Cl)cc(C#N)c2)c1=O. The van der Waals surface area contributed by atoms with Gasteiger partial charge in [-0.05, 0) is 18.2 Å². The quantitative estimate of drug-likeness (QED) is 0.869. The highest BCUT2D eigenvalue weighted by Crippen LogP contribution is 2.33. The van der Waals surface area contributed by atoms with Crippen LogP contribution < -0.4 is 10.3 Å². The zero-order valence-corrected chi connectivity index (χ0v) is 12.4. The highest BCUT2D eigenvalue weighted by Gasteiger charge is 2.33. The van der Waals surface area contributed by atoms with E-state index in [1.165, 1.54) is 25.2 Å². The molecule has 2 rings (SSSR count). The van der Waals surface area contributed by atoms with Crippen LogP contribution in [0.4, 0.5) is 8.78 Å². The summed E-state index contributed by atoms with van der Waals surface area (Å²) >= 11 is 5.82. The van der Waals surface area contributed by atoms with Crippen molar-refractivity contribution in [1.29, 1.82) is 5.26 Å². The van der Waals surface area contributed by atoms with Crippen LogP contribution in [0.5, 0.6) is 11.5 Å². The molecule has 0 aliphatic rings. The fraction of sp³-hybridized carbons (Fsp3) is 0.214. The zero-order valence-electron chi connectivity index (χ0n) is 11.6. The Morgan fingerprint density at radius 2 is 2.09 bits per heavy atom. The standard InChI is InChI=1S/C14H10ClF2N3O2/c1-14(16,17)12-11(13(21)20(2)7-19-12)22-10-4-8(6-18)3-9(15)5-10/h3-5,7H,1-2H3. The third-order valence-corrected chi connectivity index (χ3v) is 2.94. The number of nitriles is 1. The average molecular weight is 326 g/mol. The van der Waals surface area contributed by atoms with Crippen molar-refractivity contribution in [2.75, 3.05) is 0 Å². The van der Waals surface area contributed by atoms with Crippen LogP contribution in [0.3, 0.4) is 0 Å². The van der Waals surface area contributed by atoms with Gasteiger partial charge < -0.3 is 4.74 Å². The van der Waals surface area contributed by atoms with E-state index in [1.54, 1.807) is 0 Å². The summed E-state index contributed by atoms with van der Waals surface area (Å²) < 4.78 is 33.4. The number of aromatic nitrogens is 2. The molecule has 0 radical (unpaired) electrons. The summed E-state index contributed by atoms with van der Waals surface area (Å²) in [6.07, 6.45) is 0.987. The van der Waals surface area contributed by atoms with Gasteiger partial charge in [0.05, 0.1) is 18.0 Å². The fourth-order valence-electron chi connectivity index (χ4n) is 1.73. The first-order chi connectivity index (χ1) is 10.2. The largest absolute Gasteiger partial charge is 0.449 e. The van der Waals surface area contributed by atoms with E-state index in [0.717, 1.165) is 10.9 Å². The molecule has 0 spiro atoms. The predicted molar refractivity (Wildman–Crippen MR) is 75.3 cm³/mol. The second-order valence-electron chi connectivity index (χ2n) is 4.62. The molecule has 22 heavy (non-hydrogen) atoms. The Balaban J connectivity index is 2.59. The third kappa shape index (κ3) is 3.23. The van der Waals surface area contributed by atoms with Gasteiger partial charge in [-0.15, -0.1) is 0 Å². The van der Waals surface area contributed by atoms with Gasteiger partial charge in [-0.25, -0.2) is 4.98 Å². The van der Waals surface area contributed by atoms with E-state index in [2.05, 4.69) is 4.98 Å². The molecule has 114 valence electrons. The highest BCUT2D eigenvalue weighted by molar-refractivity contribution is 6.30. The zero-order chi connectivity index (χ0) is 16.5. The normalized spacial score (nSPS) is 11.1. The number of benzene rings is 1. The van der Waals surface area contributed by atoms with Crippen LogP contribution in [-0.2, 0) is 13.0 Å². The molecule has 5 nitrogen and oxygen atoms in total. The van der Waals surface area contributed by atoms with Gasteiger partial charge in [-0.2, -0.15) is 14.0 Å². The van der Waals surface area contributed by atoms with Crippen LogP contribution in [0.15, 0.2) is 29.3 Å². The molecule has 0 saturated carbocycles. The van der Waals surface area contributed by atoms with Crippen molar-refractivity contribution < 1.29 is 13.5 Å². The molecule has 1 aromatic carbocycles. The van der Waals surface area contributed by atoms with Crippen molar-refractivity contribution in [3.8, 4) is 17.6 Å². The molecule has 1 heterocycles. The number of rotatable bonds is 3. The molecular formula is C14H10ClF2N3O2. The minimum absolute atomic E-state index is 0.000324. The van der Waals surface area contributed by atoms with Gasteiger partial charge in [0, 0.05) is 19.0 Å². The molecular weight excluding hydrogens is 316 g/mol. The lowest BCUT2D eigenvalue weighted by atomic mass is 10.2. The molecule has 0 aliphatic carbocycles. The first-order valence-electron chi connectivity index (χ1n) is 6.05. The van der Waals surface area contributed by atoms with Crippen LogP contribution in [0.2, 0.25) is 5.02 Å². The van der Waals surface area contributed by atoms with Gasteiger partial charge in [-0.1, -0.05) is 11.6 Å². The average Bonchev–Trinajstić information content (AvgIpc) is 2.42. The number of hydrogen-bond acceptors (Lipinski definition) is 4. The van der Waals surface area contributed by atoms with E-state index < -0.39 is 22.9 Å². The van der Waals surface area contributed by atoms with Crippen LogP contribution in [0.25, 0.3) is 0 Å². The molecule has 8 heteroatoms. The number of nitrogens with zero attached hydrogens (tertiary/aromatic N) is 3. The van der Waals surface area contributed by atoms with Crippen molar-refractivity contribution in [3.63, 3.8) is 0 Å². The molecule has 0 saturated heterocycles. The van der Waals surface area contributed by atoms with Gasteiger partial charge in [-0.3, -0.25) is 9.36 Å². The smallest absolute Gasteiger partial charge is 0.296 e. The van der Waals surface area contributed by atoms with Crippen molar-refractivity contribution in [2.24, 2.45) is 7.05 Å². The van der Waals surface area contributed by atoms with Crippen LogP contribution in [0, 0.1) is 11.3 Å². The predicted octanol–water partition coefficient (Wildman–Crippen LogP) is 3.21. The Labute approximate surface area is 129 Å². The number of aryl methyl sites for hydroxylation is 1. The molecule has 0 N–H and O–H groups in total. The van der Waals surface area contributed by atoms with Crippen molar-refractivity contribution in [1.82, 2.24) is 9.55 Å². The van der Waals surface area contributed by atoms with E-state index in [0.29, 0.717) is 6.92 Å². The lowest BCUT2D eigenvalue weighted by Crippen LogP contribution is -2.24. The maximum atomic E-state index is 13.6. The van der Waals surface area contributed by atoms with Crippen LogP contribution in [-0.4, -0.2) is 9.55 Å². The van der Waals surface area contributed by atoms with E-state index in [9.17, 15) is 13.6 Å². The van der Waals surface area contributed by atoms with Crippen molar-refractivity contribution in [3.05, 3.63) is 51.2 Å². The molecule has 1 aromatic heterocycles. The maximum Gasteiger partial charge on any atom is 0.296 e. The maximum absolute atomic E-state index is 13.6. The second kappa shape index (κ2) is 5.73. The number of alkyl halides is 2. The third-order valence-electron chi connectivity index (χ3n) is 2.73. The summed E-state index contributed by atoms with van der Waals surface area (Å²) in [6, 6.07) is 5.83. The fourth-order valence-corrected chi connectivity index (χ4v) is 1.95. The molecule has 0 atom stereocenters. The van der Waals surface area contributed by atoms with Crippen molar-refractivity contribution >= 4 is 11.6 Å². The number of ether oxygens (including phenoxy) is 1. The Morgan fingerprint density at radius 3 is 2.68 bits per heavy atom. The number of hydrogen-bond donors (Lipinski definition) is 0. The summed E-state index contributed by atoms with van der Waals surface area (Å²) in [5.74, 6) is -3.97. The summed E-state index contributed by atoms with van der Waals surface area (Å²) in [7, 11) is 1.36. The van der Waals surface area contributed by atoms with Crippen LogP contribution in [0.1, 0.15) is 18.2 Å². The number of halogens is 3. The molecule has 0 unspecified atom stereocenters. The highest BCUT2D eigenvalue weighted by atomic mass is 35.5. The van der Waals surface area contributed by atoms with Crippen molar-refractivity contribution in [2.45, 2.75) is 12.8 Å². The monoisotopic (exact) mass is 325 g/mol. The lowest BCUT2D eigenvalue weighted by Gasteiger charge is -2.15. The molecule has 2 aromatic rings. The van der Waals surface area contributed by atoms with Gasteiger partial charge in [0.25, 0.3) is 11.5 Å². The van der Waals surface area contributed by atoms with E-state index in [1.807, 2.05) is 6.07 Å². The molecule has 0 aliphatic heterocycles. The van der Waals surface area contributed by atoms with Crippen LogP contribution >= 0.6 is 11.6 Å². The Bertz CT molecular complexity index is 822. The summed E-state index contributed by atoms with van der Waals surface area (Å²) in [5.41, 5.74) is -1.38. The van der Waals surface area contributed by atoms with Gasteiger partial charge in [0.15, 0.2) is 5.69 Å². The minimum Gasteiger partial charge on any atom is -0.449 e. The van der Waals surface area contributed by atoms with E-state index in [4.69, 9.17) is 21.6 Å². The Morgan fingerprint density at radius 1 is 1.41 bits per heavy atom. The summed E-state index contributed by atoms with van der Waals surface area (Å²) in [5, 5.41) is 9.05. The minimum atomic E-state index is -3.36. The molecule has 0 fully saturated rings. The first-order valence-corrected chi connectivity index (χ1v) is 6.42. The van der Waals surface area contributed by atoms with Gasteiger partial charge in [0.2, 0.25) is 5.75 Å². The lowest BCUT2D eigenvalue weighted by molar-refractivity contribution is 0.0101. The van der Waals surface area contributed by atoms with E-state index >= 15 is 0 Å². The Kier molecular flexibility index (Phi) is 4.15. The van der Waals surface area contributed by atoms with Gasteiger partial charge >= 0.3 is 0 Å². The first kappa shape index (κ1) is 15.9. The second-order valence-corrected chi connectivity index (χ2v) is 5.05. The summed E-state index contributed by atoms with van der Waals surface area (Å²) in [6.45, 7) is 0.611. The topological polar surface area (TPSA) is 67.9 Å². The Hall–Kier alpha value is -2.46. The molecule has 0 amide bonds.